The highest BCUT2D eigenvalue weighted by Crippen LogP contribution is 2.39. The molecule has 0 radical (unpaired) electrons. The molecule has 2 heterocycles. The van der Waals surface area contributed by atoms with Crippen molar-refractivity contribution in [1.29, 1.82) is 0 Å². The number of anilines is 5. The number of nitrogens with one attached hydrogen (secondary N) is 2. The Balaban J connectivity index is 1.72. The van der Waals surface area contributed by atoms with Crippen LogP contribution in [0.5, 0.6) is 5.75 Å². The number of primary amides is 1. The minimum atomic E-state index is -4.86. The molecular weight excluding hydrogens is 513 g/mol. The number of morpholine rings is 1. The van der Waals surface area contributed by atoms with Crippen LogP contribution in [0.25, 0.3) is 0 Å². The normalized spacial score (nSPS) is 13.8. The van der Waals surface area contributed by atoms with Crippen LogP contribution in [0, 0.1) is 18.6 Å². The molecule has 0 atom stereocenters. The molecule has 1 aliphatic heterocycles. The van der Waals surface area contributed by atoms with Gasteiger partial charge in [0.05, 0.1) is 48.5 Å². The van der Waals surface area contributed by atoms with Gasteiger partial charge in [-0.1, -0.05) is 0 Å². The van der Waals surface area contributed by atoms with Gasteiger partial charge in [-0.2, -0.15) is 13.2 Å². The predicted molar refractivity (Wildman–Crippen MR) is 131 cm³/mol. The summed E-state index contributed by atoms with van der Waals surface area (Å²) in [5, 5.41) is 5.33. The third kappa shape index (κ3) is 5.57. The molecule has 1 aliphatic rings. The fraction of sp³-hybridized carbons (Fsp3) is 0.280. The number of nitrogens with two attached hydrogens (primary N) is 1. The minimum absolute atomic E-state index is 0.0150. The topological polar surface area (TPSA) is 102 Å². The number of carbonyl (C=O) groups excluding carboxylic acids is 1. The number of rotatable bonds is 7. The van der Waals surface area contributed by atoms with Crippen LogP contribution >= 0.6 is 0 Å². The summed E-state index contributed by atoms with van der Waals surface area (Å²) >= 11 is 0. The first-order valence-corrected chi connectivity index (χ1v) is 11.4. The number of aromatic nitrogens is 1. The Morgan fingerprint density at radius 3 is 2.45 bits per heavy atom. The van der Waals surface area contributed by atoms with Crippen LogP contribution in [-0.2, 0) is 10.9 Å². The second-order valence-electron chi connectivity index (χ2n) is 8.43. The molecule has 1 fully saturated rings. The zero-order valence-electron chi connectivity index (χ0n) is 20.4. The van der Waals surface area contributed by atoms with E-state index in [4.69, 9.17) is 15.2 Å². The zero-order valence-corrected chi connectivity index (χ0v) is 20.4. The Hall–Kier alpha value is -4.13. The summed E-state index contributed by atoms with van der Waals surface area (Å²) in [5.74, 6) is -3.44. The summed E-state index contributed by atoms with van der Waals surface area (Å²) in [6.07, 6.45) is -4.27. The Bertz CT molecular complexity index is 1360. The third-order valence-corrected chi connectivity index (χ3v) is 6.01. The van der Waals surface area contributed by atoms with E-state index in [0.717, 1.165) is 18.7 Å². The van der Waals surface area contributed by atoms with Crippen molar-refractivity contribution < 1.29 is 36.2 Å². The number of hydrogen-bond acceptors (Lipinski definition) is 7. The highest BCUT2D eigenvalue weighted by Gasteiger charge is 2.35. The molecule has 0 unspecified atom stereocenters. The molecule has 2 aromatic carbocycles. The highest BCUT2D eigenvalue weighted by atomic mass is 19.4. The third-order valence-electron chi connectivity index (χ3n) is 6.01. The van der Waals surface area contributed by atoms with Gasteiger partial charge in [-0.25, -0.2) is 13.8 Å². The molecule has 0 bridgehead atoms. The number of alkyl halides is 3. The molecule has 3 aromatic rings. The van der Waals surface area contributed by atoms with Gasteiger partial charge in [0.1, 0.15) is 11.6 Å². The lowest BCUT2D eigenvalue weighted by molar-refractivity contribution is -0.137. The summed E-state index contributed by atoms with van der Waals surface area (Å²) in [6, 6.07) is 6.86. The van der Waals surface area contributed by atoms with Gasteiger partial charge in [0.2, 0.25) is 0 Å². The van der Waals surface area contributed by atoms with Crippen LogP contribution in [-0.4, -0.2) is 44.3 Å². The van der Waals surface area contributed by atoms with Crippen molar-refractivity contribution in [2.45, 2.75) is 13.1 Å². The molecule has 1 aromatic heterocycles. The van der Waals surface area contributed by atoms with Crippen molar-refractivity contribution in [3.63, 3.8) is 0 Å². The molecule has 4 rings (SSSR count). The molecule has 38 heavy (non-hydrogen) atoms. The van der Waals surface area contributed by atoms with Crippen LogP contribution in [0.2, 0.25) is 0 Å². The summed E-state index contributed by atoms with van der Waals surface area (Å²) in [7, 11) is 1.45. The van der Waals surface area contributed by atoms with Gasteiger partial charge in [-0.15, -0.1) is 0 Å². The summed E-state index contributed by atoms with van der Waals surface area (Å²) in [4.78, 5) is 17.8. The Morgan fingerprint density at radius 2 is 1.82 bits per heavy atom. The van der Waals surface area contributed by atoms with E-state index in [2.05, 4.69) is 20.5 Å². The second kappa shape index (κ2) is 10.7. The van der Waals surface area contributed by atoms with Gasteiger partial charge in [-0.05, 0) is 25.1 Å². The first-order valence-electron chi connectivity index (χ1n) is 11.4. The molecule has 0 aliphatic carbocycles. The summed E-state index contributed by atoms with van der Waals surface area (Å²) < 4.78 is 80.3. The van der Waals surface area contributed by atoms with E-state index in [1.807, 2.05) is 6.07 Å². The molecule has 1 saturated heterocycles. The van der Waals surface area contributed by atoms with Crippen LogP contribution in [0.1, 0.15) is 21.5 Å². The van der Waals surface area contributed by atoms with E-state index in [9.17, 15) is 26.7 Å². The zero-order chi connectivity index (χ0) is 27.6. The first kappa shape index (κ1) is 26.9. The van der Waals surface area contributed by atoms with Crippen molar-refractivity contribution in [2.24, 2.45) is 5.73 Å². The standard InChI is InChI=1S/C25H24F5N5O3/c1-13-22(27)17(26)10-15(24(31)36)23(13)34-19-11-21(32-12-16(19)25(28,29)30)33-18-4-3-14(9-20(18)37-2)35-5-7-38-8-6-35/h3-4,9-12H,5-8H2,1-2H3,(H2,31,36)(H2,32,33,34). The molecular formula is C25H24F5N5O3. The molecule has 1 amide bonds. The molecule has 202 valence electrons. The summed E-state index contributed by atoms with van der Waals surface area (Å²) in [5.41, 5.74) is 3.49. The van der Waals surface area contributed by atoms with Crippen molar-refractivity contribution >= 4 is 34.5 Å². The van der Waals surface area contributed by atoms with Gasteiger partial charge in [-0.3, -0.25) is 4.79 Å². The van der Waals surface area contributed by atoms with Gasteiger partial charge in [0, 0.05) is 42.7 Å². The first-order chi connectivity index (χ1) is 18.0. The van der Waals surface area contributed by atoms with E-state index in [-0.39, 0.29) is 5.82 Å². The molecule has 4 N–H and O–H groups in total. The number of methoxy groups -OCH3 is 1. The van der Waals surface area contributed by atoms with E-state index < -0.39 is 51.8 Å². The van der Waals surface area contributed by atoms with Crippen molar-refractivity contribution in [3.05, 3.63) is 64.9 Å². The van der Waals surface area contributed by atoms with Crippen LogP contribution in [0.3, 0.4) is 0 Å². The quantitative estimate of drug-likeness (QED) is 0.360. The van der Waals surface area contributed by atoms with E-state index in [1.165, 1.54) is 7.11 Å². The monoisotopic (exact) mass is 537 g/mol. The van der Waals surface area contributed by atoms with E-state index in [1.54, 1.807) is 12.1 Å². The van der Waals surface area contributed by atoms with Gasteiger partial charge in [0.25, 0.3) is 5.91 Å². The van der Waals surface area contributed by atoms with Gasteiger partial charge < -0.3 is 30.7 Å². The summed E-state index contributed by atoms with van der Waals surface area (Å²) in [6.45, 7) is 3.68. The minimum Gasteiger partial charge on any atom is -0.494 e. The van der Waals surface area contributed by atoms with Gasteiger partial charge >= 0.3 is 6.18 Å². The number of carbonyl (C=O) groups is 1. The highest BCUT2D eigenvalue weighted by molar-refractivity contribution is 6.00. The second-order valence-corrected chi connectivity index (χ2v) is 8.43. The molecule has 0 saturated carbocycles. The number of halogens is 5. The van der Waals surface area contributed by atoms with Crippen LogP contribution < -0.4 is 26.0 Å². The lowest BCUT2D eigenvalue weighted by Gasteiger charge is -2.29. The fourth-order valence-corrected chi connectivity index (χ4v) is 4.04. The van der Waals surface area contributed by atoms with Gasteiger partial charge in [0.15, 0.2) is 11.6 Å². The number of hydrogen-bond donors (Lipinski definition) is 3. The molecule has 0 spiro atoms. The van der Waals surface area contributed by atoms with Crippen LogP contribution in [0.4, 0.5) is 50.5 Å². The lowest BCUT2D eigenvalue weighted by atomic mass is 10.0. The number of ether oxygens (including phenoxy) is 2. The largest absolute Gasteiger partial charge is 0.494 e. The SMILES string of the molecule is COc1cc(N2CCOCC2)ccc1Nc1cc(Nc2c(C(N)=O)cc(F)c(F)c2C)c(C(F)(F)F)cn1. The van der Waals surface area contributed by atoms with Crippen LogP contribution in [0.15, 0.2) is 36.5 Å². The van der Waals surface area contributed by atoms with Crippen molar-refractivity contribution in [2.75, 3.05) is 48.9 Å². The van der Waals surface area contributed by atoms with E-state index in [0.29, 0.717) is 50.0 Å². The number of pyridine rings is 1. The fourth-order valence-electron chi connectivity index (χ4n) is 4.04. The maximum atomic E-state index is 14.3. The molecule has 13 heteroatoms. The predicted octanol–water partition coefficient (Wildman–Crippen LogP) is 5.12. The number of nitrogens with zero attached hydrogens (tertiary/aromatic N) is 2. The Kier molecular flexibility index (Phi) is 7.58. The number of benzene rings is 2. The lowest BCUT2D eigenvalue weighted by Crippen LogP contribution is -2.36. The Labute approximate surface area is 214 Å². The average molecular weight is 537 g/mol. The van der Waals surface area contributed by atoms with Crippen molar-refractivity contribution in [1.82, 2.24) is 4.98 Å². The smallest absolute Gasteiger partial charge is 0.419 e. The maximum absolute atomic E-state index is 14.3. The van der Waals surface area contributed by atoms with E-state index >= 15 is 0 Å². The molecule has 8 nitrogen and oxygen atoms in total. The maximum Gasteiger partial charge on any atom is 0.419 e. The average Bonchev–Trinajstić information content (AvgIpc) is 2.89. The Morgan fingerprint density at radius 1 is 1.11 bits per heavy atom. The van der Waals surface area contributed by atoms with Crippen molar-refractivity contribution in [3.8, 4) is 5.75 Å². The number of amides is 1.